The number of hydrogen-bond donors (Lipinski definition) is 1. The summed E-state index contributed by atoms with van der Waals surface area (Å²) in [6, 6.07) is 9.15. The summed E-state index contributed by atoms with van der Waals surface area (Å²) in [5.41, 5.74) is 4.39. The molecule has 114 valence electrons. The second-order valence-corrected chi connectivity index (χ2v) is 7.43. The van der Waals surface area contributed by atoms with E-state index in [0.717, 1.165) is 32.4 Å². The summed E-state index contributed by atoms with van der Waals surface area (Å²) in [5.74, 6) is 0.484. The topological polar surface area (TPSA) is 36.1 Å². The Labute approximate surface area is 130 Å². The van der Waals surface area contributed by atoms with E-state index in [-0.39, 0.29) is 5.41 Å². The number of aryl methyl sites for hydroxylation is 1. The Hall–Kier alpha value is -1.61. The summed E-state index contributed by atoms with van der Waals surface area (Å²) >= 11 is 0. The van der Waals surface area contributed by atoms with Gasteiger partial charge < -0.3 is 4.98 Å². The molecule has 0 saturated carbocycles. The molecule has 3 heterocycles. The van der Waals surface area contributed by atoms with Crippen molar-refractivity contribution in [3.8, 4) is 0 Å². The molecule has 2 aliphatic heterocycles. The lowest BCUT2D eigenvalue weighted by molar-refractivity contribution is -0.121. The van der Waals surface area contributed by atoms with Crippen molar-refractivity contribution in [2.75, 3.05) is 13.1 Å². The van der Waals surface area contributed by atoms with Gasteiger partial charge in [0, 0.05) is 42.0 Å². The van der Waals surface area contributed by atoms with E-state index < -0.39 is 0 Å². The first-order valence-electron chi connectivity index (χ1n) is 8.62. The Morgan fingerprint density at radius 2 is 2.05 bits per heavy atom. The van der Waals surface area contributed by atoms with Crippen molar-refractivity contribution in [3.05, 3.63) is 35.5 Å². The van der Waals surface area contributed by atoms with Crippen LogP contribution in [-0.2, 0) is 11.2 Å². The van der Waals surface area contributed by atoms with Gasteiger partial charge in [0.05, 0.1) is 0 Å². The number of H-pyrrole nitrogens is 1. The highest BCUT2D eigenvalue weighted by Gasteiger charge is 2.51. The van der Waals surface area contributed by atoms with Gasteiger partial charge >= 0.3 is 0 Å². The number of para-hydroxylation sites is 1. The molecule has 3 atom stereocenters. The van der Waals surface area contributed by atoms with E-state index in [1.165, 1.54) is 41.4 Å². The van der Waals surface area contributed by atoms with Crippen molar-refractivity contribution >= 4 is 16.7 Å². The number of rotatable bonds is 0. The van der Waals surface area contributed by atoms with Crippen LogP contribution >= 0.6 is 0 Å². The summed E-state index contributed by atoms with van der Waals surface area (Å²) in [4.78, 5) is 18.6. The van der Waals surface area contributed by atoms with Crippen LogP contribution in [0.1, 0.15) is 49.4 Å². The molecule has 3 heteroatoms. The molecule has 1 unspecified atom stereocenters. The summed E-state index contributed by atoms with van der Waals surface area (Å²) in [5, 5.41) is 1.38. The first-order valence-corrected chi connectivity index (χ1v) is 8.62. The predicted molar refractivity (Wildman–Crippen MR) is 86.8 cm³/mol. The van der Waals surface area contributed by atoms with E-state index in [0.29, 0.717) is 11.8 Å². The number of fused-ring (bicyclic) bond motifs is 3. The van der Waals surface area contributed by atoms with Crippen molar-refractivity contribution in [2.24, 2.45) is 5.41 Å². The van der Waals surface area contributed by atoms with Gasteiger partial charge in [0.1, 0.15) is 5.78 Å². The highest BCUT2D eigenvalue weighted by molar-refractivity contribution is 5.86. The number of nitrogens with zero attached hydrogens (tertiary/aromatic N) is 1. The smallest absolute Gasteiger partial charge is 0.134 e. The van der Waals surface area contributed by atoms with Crippen LogP contribution in [0, 0.1) is 5.41 Å². The van der Waals surface area contributed by atoms with Crippen molar-refractivity contribution in [3.63, 3.8) is 0 Å². The van der Waals surface area contributed by atoms with E-state index in [2.05, 4.69) is 34.1 Å². The third kappa shape index (κ3) is 1.63. The van der Waals surface area contributed by atoms with Gasteiger partial charge in [-0.05, 0) is 49.3 Å². The lowest BCUT2D eigenvalue weighted by Crippen LogP contribution is -2.47. The number of nitrogens with one attached hydrogen (secondary N) is 1. The van der Waals surface area contributed by atoms with E-state index in [9.17, 15) is 4.79 Å². The zero-order chi connectivity index (χ0) is 14.7. The maximum atomic E-state index is 12.4. The number of piperidine rings is 1. The van der Waals surface area contributed by atoms with Gasteiger partial charge in [-0.2, -0.15) is 0 Å². The SMILES string of the molecule is O=C1CCN2CCC[C@@]3(CCc4[nH]c5ccccc5c4[C@@H]23)C1. The molecule has 2 bridgehead atoms. The fourth-order valence-corrected chi connectivity index (χ4v) is 5.40. The number of carbonyl (C=O) groups is 1. The zero-order valence-electron chi connectivity index (χ0n) is 12.9. The van der Waals surface area contributed by atoms with Crippen LogP contribution in [0.25, 0.3) is 10.9 Å². The van der Waals surface area contributed by atoms with Crippen molar-refractivity contribution in [1.82, 2.24) is 9.88 Å². The van der Waals surface area contributed by atoms with E-state index in [1.54, 1.807) is 0 Å². The lowest BCUT2D eigenvalue weighted by Gasteiger charge is -2.51. The van der Waals surface area contributed by atoms with Gasteiger partial charge in [-0.15, -0.1) is 0 Å². The number of ketones is 1. The Morgan fingerprint density at radius 3 is 3.00 bits per heavy atom. The highest BCUT2D eigenvalue weighted by atomic mass is 16.1. The van der Waals surface area contributed by atoms with Crippen LogP contribution in [0.3, 0.4) is 0 Å². The van der Waals surface area contributed by atoms with E-state index >= 15 is 0 Å². The van der Waals surface area contributed by atoms with Crippen LogP contribution in [0.5, 0.6) is 0 Å². The maximum Gasteiger partial charge on any atom is 0.134 e. The Kier molecular flexibility index (Phi) is 2.61. The quantitative estimate of drug-likeness (QED) is 0.806. The second kappa shape index (κ2) is 4.45. The molecule has 0 amide bonds. The molecular formula is C19H22N2O. The van der Waals surface area contributed by atoms with Gasteiger partial charge in [0.25, 0.3) is 0 Å². The van der Waals surface area contributed by atoms with Crippen molar-refractivity contribution < 1.29 is 4.79 Å². The molecule has 3 aliphatic rings. The molecule has 2 saturated heterocycles. The summed E-state index contributed by atoms with van der Waals surface area (Å²) in [6.07, 6.45) is 6.28. The molecular weight excluding hydrogens is 272 g/mol. The minimum atomic E-state index is 0.198. The molecule has 0 radical (unpaired) electrons. The van der Waals surface area contributed by atoms with E-state index in [4.69, 9.17) is 0 Å². The molecule has 0 spiro atoms. The molecule has 5 rings (SSSR count). The van der Waals surface area contributed by atoms with Crippen LogP contribution in [0.15, 0.2) is 24.3 Å². The van der Waals surface area contributed by atoms with Crippen LogP contribution < -0.4 is 0 Å². The minimum absolute atomic E-state index is 0.198. The van der Waals surface area contributed by atoms with Crippen LogP contribution in [0.4, 0.5) is 0 Å². The highest BCUT2D eigenvalue weighted by Crippen LogP contribution is 2.57. The minimum Gasteiger partial charge on any atom is -0.358 e. The molecule has 1 aromatic carbocycles. The van der Waals surface area contributed by atoms with Crippen molar-refractivity contribution in [1.29, 1.82) is 0 Å². The fraction of sp³-hybridized carbons (Fsp3) is 0.526. The third-order valence-corrected chi connectivity index (χ3v) is 6.27. The van der Waals surface area contributed by atoms with Crippen LogP contribution in [-0.4, -0.2) is 28.8 Å². The first kappa shape index (κ1) is 12.9. The molecule has 3 nitrogen and oxygen atoms in total. The summed E-state index contributed by atoms with van der Waals surface area (Å²) < 4.78 is 0. The van der Waals surface area contributed by atoms with Gasteiger partial charge in [-0.1, -0.05) is 18.2 Å². The number of carbonyl (C=O) groups excluding carboxylic acids is 1. The average molecular weight is 294 g/mol. The Bertz CT molecular complexity index is 762. The van der Waals surface area contributed by atoms with Gasteiger partial charge in [0.15, 0.2) is 0 Å². The van der Waals surface area contributed by atoms with Gasteiger partial charge in [-0.3, -0.25) is 9.69 Å². The standard InChI is InChI=1S/C19H22N2O/c22-13-7-11-21-10-3-8-19(12-13)9-6-16-17(18(19)21)14-4-1-2-5-15(14)20-16/h1-2,4-5,18,20H,3,6-12H2/t18-,19-/m1/s1. The molecule has 1 aromatic heterocycles. The molecule has 1 aliphatic carbocycles. The zero-order valence-corrected chi connectivity index (χ0v) is 12.9. The maximum absolute atomic E-state index is 12.4. The number of aromatic nitrogens is 1. The largest absolute Gasteiger partial charge is 0.358 e. The summed E-state index contributed by atoms with van der Waals surface area (Å²) in [6.45, 7) is 2.10. The monoisotopic (exact) mass is 294 g/mol. The lowest BCUT2D eigenvalue weighted by atomic mass is 9.62. The Morgan fingerprint density at radius 1 is 1.14 bits per heavy atom. The molecule has 2 aromatic rings. The second-order valence-electron chi connectivity index (χ2n) is 7.43. The number of aromatic amines is 1. The molecule has 22 heavy (non-hydrogen) atoms. The third-order valence-electron chi connectivity index (χ3n) is 6.27. The van der Waals surface area contributed by atoms with E-state index in [1.807, 2.05) is 0 Å². The number of benzene rings is 1. The first-order chi connectivity index (χ1) is 10.8. The molecule has 1 N–H and O–H groups in total. The average Bonchev–Trinajstić information content (AvgIpc) is 2.87. The normalized spacial score (nSPS) is 34.1. The van der Waals surface area contributed by atoms with Crippen LogP contribution in [0.2, 0.25) is 0 Å². The van der Waals surface area contributed by atoms with Gasteiger partial charge in [-0.25, -0.2) is 0 Å². The Balaban J connectivity index is 1.76. The van der Waals surface area contributed by atoms with Gasteiger partial charge in [0.2, 0.25) is 0 Å². The number of Topliss-reactive ketones (excluding diaryl/α,β-unsaturated/α-hetero) is 1. The number of hydrogen-bond acceptors (Lipinski definition) is 2. The summed E-state index contributed by atoms with van der Waals surface area (Å²) in [7, 11) is 0. The fourth-order valence-electron chi connectivity index (χ4n) is 5.40. The molecule has 2 fully saturated rings. The van der Waals surface area contributed by atoms with Crippen molar-refractivity contribution in [2.45, 2.75) is 44.6 Å². The predicted octanol–water partition coefficient (Wildman–Crippen LogP) is 3.60.